The van der Waals surface area contributed by atoms with E-state index in [0.29, 0.717) is 12.2 Å². The molecule has 184 valence electrons. The van der Waals surface area contributed by atoms with Gasteiger partial charge >= 0.3 is 6.18 Å². The fourth-order valence-electron chi connectivity index (χ4n) is 3.64. The second-order valence-electron chi connectivity index (χ2n) is 8.80. The molecule has 1 aromatic heterocycles. The molecule has 3 amide bonds. The number of aryl methyl sites for hydroxylation is 1. The van der Waals surface area contributed by atoms with E-state index >= 15 is 0 Å². The van der Waals surface area contributed by atoms with E-state index in [0.717, 1.165) is 0 Å². The highest BCUT2D eigenvalue weighted by Gasteiger charge is 2.46. The fraction of sp³-hybridized carbons (Fsp3) is 0.667. The normalized spacial score (nSPS) is 18.4. The molecule has 1 saturated heterocycles. The van der Waals surface area contributed by atoms with Crippen molar-refractivity contribution in [2.75, 3.05) is 6.54 Å². The number of halogens is 3. The molecule has 33 heavy (non-hydrogen) atoms. The van der Waals surface area contributed by atoms with Gasteiger partial charge in [-0.3, -0.25) is 19.2 Å². The van der Waals surface area contributed by atoms with Crippen molar-refractivity contribution in [2.24, 2.45) is 11.8 Å². The molecule has 2 N–H and O–H groups in total. The van der Waals surface area contributed by atoms with E-state index in [9.17, 15) is 32.3 Å². The maximum absolute atomic E-state index is 13.2. The summed E-state index contributed by atoms with van der Waals surface area (Å²) in [6.07, 6.45) is -4.42. The predicted molar refractivity (Wildman–Crippen MR) is 110 cm³/mol. The molecule has 0 radical (unpaired) electrons. The van der Waals surface area contributed by atoms with Crippen molar-refractivity contribution >= 4 is 23.5 Å². The van der Waals surface area contributed by atoms with E-state index in [2.05, 4.69) is 15.8 Å². The summed E-state index contributed by atoms with van der Waals surface area (Å²) in [5, 5.41) is 8.38. The van der Waals surface area contributed by atoms with Crippen LogP contribution in [0.5, 0.6) is 0 Å². The summed E-state index contributed by atoms with van der Waals surface area (Å²) < 4.78 is 43.7. The highest BCUT2D eigenvalue weighted by Crippen LogP contribution is 2.24. The quantitative estimate of drug-likeness (QED) is 0.595. The van der Waals surface area contributed by atoms with Crippen molar-refractivity contribution in [3.8, 4) is 0 Å². The van der Waals surface area contributed by atoms with Crippen LogP contribution in [-0.4, -0.2) is 64.4 Å². The van der Waals surface area contributed by atoms with Crippen molar-refractivity contribution in [1.82, 2.24) is 20.7 Å². The average Bonchev–Trinajstić information content (AvgIpc) is 3.37. The van der Waals surface area contributed by atoms with Crippen molar-refractivity contribution in [3.05, 3.63) is 17.5 Å². The van der Waals surface area contributed by atoms with E-state index in [1.165, 1.54) is 24.8 Å². The van der Waals surface area contributed by atoms with Gasteiger partial charge in [0, 0.05) is 12.6 Å². The minimum atomic E-state index is -5.10. The lowest BCUT2D eigenvalue weighted by atomic mass is 9.98. The average molecular weight is 474 g/mol. The summed E-state index contributed by atoms with van der Waals surface area (Å²) >= 11 is 0. The van der Waals surface area contributed by atoms with Crippen LogP contribution in [0.2, 0.25) is 0 Å². The van der Waals surface area contributed by atoms with Gasteiger partial charge in [0.05, 0.1) is 6.04 Å². The molecule has 0 aliphatic carbocycles. The zero-order valence-electron chi connectivity index (χ0n) is 19.2. The Hall–Kier alpha value is -2.92. The number of alkyl halides is 3. The van der Waals surface area contributed by atoms with Gasteiger partial charge in [-0.1, -0.05) is 32.9 Å². The fourth-order valence-corrected chi connectivity index (χ4v) is 3.64. The summed E-state index contributed by atoms with van der Waals surface area (Å²) in [5.41, 5.74) is -0.00731. The smallest absolute Gasteiger partial charge is 0.361 e. The monoisotopic (exact) mass is 474 g/mol. The molecular weight excluding hydrogens is 445 g/mol. The van der Waals surface area contributed by atoms with Crippen LogP contribution < -0.4 is 10.6 Å². The predicted octanol–water partition coefficient (Wildman–Crippen LogP) is 2.00. The first-order chi connectivity index (χ1) is 15.2. The number of Topliss-reactive ketones (excluding diaryl/α,β-unsaturated/α-hetero) is 1. The third kappa shape index (κ3) is 6.32. The van der Waals surface area contributed by atoms with Gasteiger partial charge in [0.2, 0.25) is 11.8 Å². The Morgan fingerprint density at radius 2 is 1.70 bits per heavy atom. The van der Waals surface area contributed by atoms with Crippen LogP contribution in [-0.2, 0) is 14.4 Å². The Morgan fingerprint density at radius 3 is 2.18 bits per heavy atom. The van der Waals surface area contributed by atoms with Crippen molar-refractivity contribution in [2.45, 2.75) is 71.8 Å². The summed E-state index contributed by atoms with van der Waals surface area (Å²) in [5.74, 6) is -4.79. The van der Waals surface area contributed by atoms with Crippen molar-refractivity contribution in [3.63, 3.8) is 0 Å². The summed E-state index contributed by atoms with van der Waals surface area (Å²) in [7, 11) is 0. The standard InChI is InChI=1S/C21H29F3N4O5/c1-10(2)15(17(29)21(22,23)24)25-19(31)14-7-6-8-28(14)20(32)16(11(3)4)26-18(30)13-9-12(5)33-27-13/h9-11,14-16H,6-8H2,1-5H3,(H,25,31)(H,26,30)/t14-,15-,16-/m0/s1. The Kier molecular flexibility index (Phi) is 8.25. The van der Waals surface area contributed by atoms with Crippen LogP contribution in [0.25, 0.3) is 0 Å². The first-order valence-electron chi connectivity index (χ1n) is 10.7. The molecule has 3 atom stereocenters. The number of hydrogen-bond donors (Lipinski definition) is 2. The number of hydrogen-bond acceptors (Lipinski definition) is 6. The molecule has 1 aliphatic rings. The van der Waals surface area contributed by atoms with Crippen LogP contribution in [0.1, 0.15) is 56.8 Å². The van der Waals surface area contributed by atoms with Gasteiger partial charge in [-0.2, -0.15) is 13.2 Å². The largest absolute Gasteiger partial charge is 0.452 e. The highest BCUT2D eigenvalue weighted by molar-refractivity contribution is 5.98. The zero-order chi connectivity index (χ0) is 25.1. The third-order valence-electron chi connectivity index (χ3n) is 5.44. The van der Waals surface area contributed by atoms with Gasteiger partial charge in [0.15, 0.2) is 5.69 Å². The Bertz CT molecular complexity index is 897. The maximum Gasteiger partial charge on any atom is 0.452 e. The number of ketones is 1. The van der Waals surface area contributed by atoms with Gasteiger partial charge < -0.3 is 20.1 Å². The number of aromatic nitrogens is 1. The molecule has 0 spiro atoms. The molecule has 2 rings (SSSR count). The number of rotatable bonds is 8. The molecule has 0 saturated carbocycles. The Labute approximate surface area is 189 Å². The molecule has 1 aliphatic heterocycles. The molecule has 12 heteroatoms. The van der Waals surface area contributed by atoms with Crippen molar-refractivity contribution < 1.29 is 36.9 Å². The third-order valence-corrected chi connectivity index (χ3v) is 5.44. The van der Waals surface area contributed by atoms with Gasteiger partial charge in [-0.25, -0.2) is 0 Å². The molecule has 0 unspecified atom stereocenters. The number of nitrogens with one attached hydrogen (secondary N) is 2. The number of nitrogens with zero attached hydrogens (tertiary/aromatic N) is 2. The second-order valence-corrected chi connectivity index (χ2v) is 8.80. The highest BCUT2D eigenvalue weighted by atomic mass is 19.4. The number of carbonyl (C=O) groups excluding carboxylic acids is 4. The Morgan fingerprint density at radius 1 is 1.09 bits per heavy atom. The summed E-state index contributed by atoms with van der Waals surface area (Å²) in [6.45, 7) is 8.00. The first-order valence-corrected chi connectivity index (χ1v) is 10.7. The van der Waals surface area contributed by atoms with E-state index in [-0.39, 0.29) is 24.6 Å². The number of likely N-dealkylation sites (tertiary alicyclic amines) is 1. The van der Waals surface area contributed by atoms with Gasteiger partial charge in [-0.15, -0.1) is 0 Å². The van der Waals surface area contributed by atoms with Crippen LogP contribution in [0, 0.1) is 18.8 Å². The van der Waals surface area contributed by atoms with Gasteiger partial charge in [0.1, 0.15) is 17.8 Å². The van der Waals surface area contributed by atoms with E-state index in [4.69, 9.17) is 4.52 Å². The van der Waals surface area contributed by atoms with Crippen LogP contribution in [0.4, 0.5) is 13.2 Å². The maximum atomic E-state index is 13.2. The number of carbonyl (C=O) groups is 4. The van der Waals surface area contributed by atoms with Crippen LogP contribution in [0.3, 0.4) is 0 Å². The lowest BCUT2D eigenvalue weighted by molar-refractivity contribution is -0.175. The minimum absolute atomic E-state index is 0.00731. The molecule has 0 aromatic carbocycles. The second kappa shape index (κ2) is 10.3. The minimum Gasteiger partial charge on any atom is -0.361 e. The first kappa shape index (κ1) is 26.3. The molecular formula is C21H29F3N4O5. The molecule has 9 nitrogen and oxygen atoms in total. The summed E-state index contributed by atoms with van der Waals surface area (Å²) in [6, 6.07) is -2.40. The van der Waals surface area contributed by atoms with Crippen LogP contribution in [0.15, 0.2) is 10.6 Å². The zero-order valence-corrected chi connectivity index (χ0v) is 19.2. The Balaban J connectivity index is 2.16. The van der Waals surface area contributed by atoms with E-state index in [1.807, 2.05) is 0 Å². The van der Waals surface area contributed by atoms with E-state index < -0.39 is 53.7 Å². The van der Waals surface area contributed by atoms with Gasteiger partial charge in [0.25, 0.3) is 11.7 Å². The van der Waals surface area contributed by atoms with Crippen LogP contribution >= 0.6 is 0 Å². The molecule has 1 fully saturated rings. The molecule has 2 heterocycles. The number of amides is 3. The van der Waals surface area contributed by atoms with E-state index in [1.54, 1.807) is 20.8 Å². The summed E-state index contributed by atoms with van der Waals surface area (Å²) in [4.78, 5) is 51.5. The topological polar surface area (TPSA) is 122 Å². The lowest BCUT2D eigenvalue weighted by Crippen LogP contribution is -2.58. The SMILES string of the molecule is Cc1cc(C(=O)N[C@H](C(=O)N2CCC[C@H]2C(=O)N[C@H](C(=O)C(F)(F)F)C(C)C)C(C)C)no1. The molecule has 1 aromatic rings. The van der Waals surface area contributed by atoms with Gasteiger partial charge in [-0.05, 0) is 31.6 Å². The van der Waals surface area contributed by atoms with Crippen molar-refractivity contribution in [1.29, 1.82) is 0 Å². The lowest BCUT2D eigenvalue weighted by Gasteiger charge is -2.31. The molecule has 0 bridgehead atoms.